The molecule has 0 saturated carbocycles. The molecule has 3 atom stereocenters. The summed E-state index contributed by atoms with van der Waals surface area (Å²) >= 11 is 0. The van der Waals surface area contributed by atoms with Crippen molar-refractivity contribution in [1.29, 1.82) is 5.41 Å². The average molecular weight is 460 g/mol. The van der Waals surface area contributed by atoms with Gasteiger partial charge in [0.1, 0.15) is 18.0 Å². The molecule has 0 aliphatic carbocycles. The van der Waals surface area contributed by atoms with Crippen LogP contribution >= 0.6 is 0 Å². The summed E-state index contributed by atoms with van der Waals surface area (Å²) in [5.74, 6) is -1.57. The number of likely N-dealkylation sites (tertiary alicyclic amines) is 1. The lowest BCUT2D eigenvalue weighted by molar-refractivity contribution is -0.138. The van der Waals surface area contributed by atoms with Crippen molar-refractivity contribution in [1.82, 2.24) is 25.6 Å². The number of halogens is 2. The number of carbonyl (C=O) groups excluding carboxylic acids is 2. The van der Waals surface area contributed by atoms with E-state index in [9.17, 15) is 18.4 Å². The van der Waals surface area contributed by atoms with Gasteiger partial charge in [0.15, 0.2) is 0 Å². The summed E-state index contributed by atoms with van der Waals surface area (Å²) in [6.07, 6.45) is 1.95. The van der Waals surface area contributed by atoms with Crippen molar-refractivity contribution in [3.63, 3.8) is 0 Å². The van der Waals surface area contributed by atoms with Gasteiger partial charge in [-0.2, -0.15) is 15.4 Å². The van der Waals surface area contributed by atoms with Crippen LogP contribution in [-0.2, 0) is 16.0 Å². The van der Waals surface area contributed by atoms with Crippen LogP contribution in [0.2, 0.25) is 0 Å². The van der Waals surface area contributed by atoms with Crippen LogP contribution in [0.15, 0.2) is 36.2 Å². The van der Waals surface area contributed by atoms with Crippen LogP contribution in [0.25, 0.3) is 0 Å². The van der Waals surface area contributed by atoms with Gasteiger partial charge in [0, 0.05) is 18.3 Å². The van der Waals surface area contributed by atoms with Gasteiger partial charge in [-0.05, 0) is 29.2 Å². The number of H-pyrrole nitrogens is 1. The minimum Gasteiger partial charge on any atom is -0.400 e. The summed E-state index contributed by atoms with van der Waals surface area (Å²) in [5.41, 5.74) is 7.43. The number of hydrogen-bond acceptors (Lipinski definition) is 6. The molecule has 2 amide bonds. The van der Waals surface area contributed by atoms with Crippen LogP contribution in [-0.4, -0.2) is 57.1 Å². The first-order valence-electron chi connectivity index (χ1n) is 10.5. The Balaban J connectivity index is 1.83. The number of aromatic nitrogens is 3. The summed E-state index contributed by atoms with van der Waals surface area (Å²) in [5, 5.41) is 19.8. The first kappa shape index (κ1) is 24.0. The maximum absolute atomic E-state index is 14.6. The molecular weight excluding hydrogens is 432 g/mol. The van der Waals surface area contributed by atoms with E-state index >= 15 is 0 Å². The van der Waals surface area contributed by atoms with E-state index in [1.807, 2.05) is 13.8 Å². The molecule has 2 heterocycles. The molecule has 1 fully saturated rings. The fraction of sp³-hybridized carbons (Fsp3) is 0.409. The average Bonchev–Trinajstić information content (AvgIpc) is 3.41. The Hall–Kier alpha value is -3.63. The summed E-state index contributed by atoms with van der Waals surface area (Å²) in [7, 11) is 0. The summed E-state index contributed by atoms with van der Waals surface area (Å²) < 4.78 is 28.8. The van der Waals surface area contributed by atoms with Gasteiger partial charge in [-0.15, -0.1) is 0 Å². The molecule has 0 radical (unpaired) electrons. The van der Waals surface area contributed by atoms with E-state index in [0.717, 1.165) is 6.21 Å². The number of amides is 2. The molecule has 2 aromatic rings. The van der Waals surface area contributed by atoms with Crippen LogP contribution < -0.4 is 11.1 Å². The Bertz CT molecular complexity index is 1040. The predicted octanol–water partition coefficient (Wildman–Crippen LogP) is 1.90. The number of nitrogens with one attached hydrogen (secondary N) is 3. The predicted molar refractivity (Wildman–Crippen MR) is 118 cm³/mol. The fourth-order valence-electron chi connectivity index (χ4n) is 3.86. The number of rotatable bonds is 8. The van der Waals surface area contributed by atoms with Crippen molar-refractivity contribution in [3.8, 4) is 0 Å². The molecule has 0 bridgehead atoms. The highest BCUT2D eigenvalue weighted by Gasteiger charge is 2.40. The lowest BCUT2D eigenvalue weighted by atomic mass is 9.96. The van der Waals surface area contributed by atoms with Gasteiger partial charge in [-0.1, -0.05) is 26.0 Å². The van der Waals surface area contributed by atoms with Crippen molar-refractivity contribution in [2.24, 2.45) is 5.73 Å². The molecule has 1 saturated heterocycles. The van der Waals surface area contributed by atoms with Gasteiger partial charge >= 0.3 is 0 Å². The number of hydrogen-bond donors (Lipinski definition) is 4. The number of alkyl halides is 1. The fourth-order valence-corrected chi connectivity index (χ4v) is 3.86. The molecule has 1 aliphatic heterocycles. The lowest BCUT2D eigenvalue weighted by Crippen LogP contribution is -2.48. The molecule has 5 N–H and O–H groups in total. The number of nitrogens with zero attached hydrogens (tertiary/aromatic N) is 3. The van der Waals surface area contributed by atoms with Crippen molar-refractivity contribution < 1.29 is 18.4 Å². The lowest BCUT2D eigenvalue weighted by Gasteiger charge is -2.27. The highest BCUT2D eigenvalue weighted by molar-refractivity contribution is 5.89. The monoisotopic (exact) mass is 459 g/mol. The number of allylic oxidation sites excluding steroid dienone is 1. The Morgan fingerprint density at radius 2 is 2.18 bits per heavy atom. The largest absolute Gasteiger partial charge is 0.400 e. The summed E-state index contributed by atoms with van der Waals surface area (Å²) in [6.45, 7) is 3.50. The standard InChI is InChI=1S/C22H27F2N7O2/c1-12(2)16-4-3-13(7-17(16)24)21(18(26)5-6-25)28-22(33)19-8-14(23)11-31(19)20(32)9-15-10-27-30-29-15/h3-7,10,12,14,19,21,25H,8-9,11,26H2,1-2H3,(H,28,33)(H,27,29,30)/b18-5-,25-6?/t14-,19+,21?/m1/s1. The van der Waals surface area contributed by atoms with E-state index in [1.54, 1.807) is 12.1 Å². The van der Waals surface area contributed by atoms with Gasteiger partial charge in [0.2, 0.25) is 11.8 Å². The Morgan fingerprint density at radius 1 is 1.42 bits per heavy atom. The van der Waals surface area contributed by atoms with Gasteiger partial charge in [-0.3, -0.25) is 9.59 Å². The van der Waals surface area contributed by atoms with Crippen LogP contribution in [0.4, 0.5) is 8.78 Å². The normalized spacial score (nSPS) is 19.5. The number of benzene rings is 1. The minimum absolute atomic E-state index is 0.0363. The zero-order valence-electron chi connectivity index (χ0n) is 18.4. The number of aromatic amines is 1. The number of carbonyl (C=O) groups is 2. The molecule has 176 valence electrons. The maximum Gasteiger partial charge on any atom is 0.243 e. The Labute approximate surface area is 189 Å². The third kappa shape index (κ3) is 5.60. The highest BCUT2D eigenvalue weighted by Crippen LogP contribution is 2.27. The van der Waals surface area contributed by atoms with Gasteiger partial charge < -0.3 is 21.4 Å². The SMILES string of the molecule is CC(C)c1ccc(C(NC(=O)[C@@H]2C[C@@H](F)CN2C(=O)Cc2cn[nH]n2)/C(N)=C/C=N)cc1F. The van der Waals surface area contributed by atoms with Gasteiger partial charge in [0.25, 0.3) is 0 Å². The van der Waals surface area contributed by atoms with Gasteiger partial charge in [-0.25, -0.2) is 8.78 Å². The number of nitrogens with two attached hydrogens (primary N) is 1. The second-order valence-electron chi connectivity index (χ2n) is 8.24. The quantitative estimate of drug-likeness (QED) is 0.446. The molecule has 3 rings (SSSR count). The van der Waals surface area contributed by atoms with E-state index in [-0.39, 0.29) is 31.0 Å². The van der Waals surface area contributed by atoms with Crippen molar-refractivity contribution in [3.05, 3.63) is 58.8 Å². The Kier molecular flexibility index (Phi) is 7.52. The van der Waals surface area contributed by atoms with E-state index in [2.05, 4.69) is 20.7 Å². The van der Waals surface area contributed by atoms with Crippen LogP contribution in [0.1, 0.15) is 49.0 Å². The molecule has 1 aromatic carbocycles. The van der Waals surface area contributed by atoms with Crippen LogP contribution in [0, 0.1) is 11.2 Å². The summed E-state index contributed by atoms with van der Waals surface area (Å²) in [4.78, 5) is 27.0. The van der Waals surface area contributed by atoms with Crippen molar-refractivity contribution >= 4 is 18.0 Å². The van der Waals surface area contributed by atoms with E-state index < -0.39 is 35.9 Å². The van der Waals surface area contributed by atoms with Crippen molar-refractivity contribution in [2.45, 2.75) is 50.9 Å². The van der Waals surface area contributed by atoms with Crippen LogP contribution in [0.5, 0.6) is 0 Å². The van der Waals surface area contributed by atoms with E-state index in [0.29, 0.717) is 16.8 Å². The molecule has 0 spiro atoms. The van der Waals surface area contributed by atoms with Gasteiger partial charge in [0.05, 0.1) is 30.9 Å². The molecule has 1 unspecified atom stereocenters. The highest BCUT2D eigenvalue weighted by atomic mass is 19.1. The minimum atomic E-state index is -1.36. The first-order valence-corrected chi connectivity index (χ1v) is 10.5. The third-order valence-electron chi connectivity index (χ3n) is 5.55. The first-order chi connectivity index (χ1) is 15.7. The maximum atomic E-state index is 14.6. The second-order valence-corrected chi connectivity index (χ2v) is 8.24. The molecule has 1 aliphatic rings. The van der Waals surface area contributed by atoms with Crippen LogP contribution in [0.3, 0.4) is 0 Å². The summed E-state index contributed by atoms with van der Waals surface area (Å²) in [6, 6.07) is 2.53. The molecule has 11 heteroatoms. The van der Waals surface area contributed by atoms with E-state index in [4.69, 9.17) is 11.1 Å². The topological polar surface area (TPSA) is 141 Å². The molecule has 9 nitrogen and oxygen atoms in total. The van der Waals surface area contributed by atoms with E-state index in [1.165, 1.54) is 23.2 Å². The zero-order chi connectivity index (χ0) is 24.1. The Morgan fingerprint density at radius 3 is 2.79 bits per heavy atom. The zero-order valence-corrected chi connectivity index (χ0v) is 18.4. The molecular formula is C22H27F2N7O2. The molecule has 1 aromatic heterocycles. The third-order valence-corrected chi connectivity index (χ3v) is 5.55. The second kappa shape index (κ2) is 10.3. The van der Waals surface area contributed by atoms with Crippen molar-refractivity contribution in [2.75, 3.05) is 6.54 Å². The smallest absolute Gasteiger partial charge is 0.243 e. The molecule has 33 heavy (non-hydrogen) atoms.